The molecule has 0 radical (unpaired) electrons. The average molecular weight is 364 g/mol. The van der Waals surface area contributed by atoms with Crippen LogP contribution in [0.4, 0.5) is 0 Å². The number of hydrogen-bond acceptors (Lipinski definition) is 2. The molecule has 2 aromatic rings. The fourth-order valence-corrected chi connectivity index (χ4v) is 11.0. The number of benzene rings is 2. The zero-order chi connectivity index (χ0) is 15.0. The molecule has 0 atom stereocenters. The summed E-state index contributed by atoms with van der Waals surface area (Å²) in [6.45, 7) is 5.60. The molecule has 2 aromatic carbocycles. The molecule has 0 saturated heterocycles. The molecular formula is C18H24O2Zr. The summed E-state index contributed by atoms with van der Waals surface area (Å²) >= 11 is -3.14. The first-order valence-corrected chi connectivity index (χ1v) is 13.1. The molecule has 2 rings (SSSR count). The van der Waals surface area contributed by atoms with E-state index in [4.69, 9.17) is 5.63 Å². The second-order valence-corrected chi connectivity index (χ2v) is 12.7. The van der Waals surface area contributed by atoms with E-state index in [1.165, 1.54) is 11.1 Å². The van der Waals surface area contributed by atoms with Gasteiger partial charge >= 0.3 is 134 Å². The Balaban J connectivity index is 2.23. The number of hydrogen-bond donors (Lipinski definition) is 0. The Kier molecular flexibility index (Phi) is 6.83. The van der Waals surface area contributed by atoms with Crippen LogP contribution in [0.5, 0.6) is 0 Å². The quantitative estimate of drug-likeness (QED) is 0.690. The van der Waals surface area contributed by atoms with Crippen LogP contribution in [0.1, 0.15) is 25.0 Å². The first-order valence-electron chi connectivity index (χ1n) is 7.64. The molecule has 0 bridgehead atoms. The van der Waals surface area contributed by atoms with Crippen molar-refractivity contribution in [3.05, 3.63) is 71.8 Å². The van der Waals surface area contributed by atoms with Gasteiger partial charge in [0.1, 0.15) is 0 Å². The second-order valence-electron chi connectivity index (χ2n) is 5.10. The van der Waals surface area contributed by atoms with E-state index in [9.17, 15) is 0 Å². The van der Waals surface area contributed by atoms with Crippen molar-refractivity contribution in [3.63, 3.8) is 0 Å². The monoisotopic (exact) mass is 362 g/mol. The Morgan fingerprint density at radius 2 is 1.05 bits per heavy atom. The fourth-order valence-electron chi connectivity index (χ4n) is 2.65. The van der Waals surface area contributed by atoms with Crippen LogP contribution in [0.15, 0.2) is 60.7 Å². The van der Waals surface area contributed by atoms with Crippen molar-refractivity contribution < 1.29 is 26.8 Å². The van der Waals surface area contributed by atoms with Crippen molar-refractivity contribution in [2.24, 2.45) is 0 Å². The predicted molar refractivity (Wildman–Crippen MR) is 83.5 cm³/mol. The van der Waals surface area contributed by atoms with Crippen molar-refractivity contribution in [1.29, 1.82) is 0 Å². The van der Waals surface area contributed by atoms with E-state index in [-0.39, 0.29) is 0 Å². The molecule has 0 heterocycles. The third-order valence-corrected chi connectivity index (χ3v) is 12.1. The molecule has 0 fully saturated rings. The molecule has 0 N–H and O–H groups in total. The molecule has 112 valence electrons. The van der Waals surface area contributed by atoms with Crippen LogP contribution in [0, 0.1) is 0 Å². The topological polar surface area (TPSA) is 18.5 Å². The third-order valence-electron chi connectivity index (χ3n) is 3.45. The van der Waals surface area contributed by atoms with Crippen LogP contribution < -0.4 is 0 Å². The van der Waals surface area contributed by atoms with Gasteiger partial charge in [-0.1, -0.05) is 0 Å². The Bertz CT molecular complexity index is 464. The first kappa shape index (κ1) is 16.6. The van der Waals surface area contributed by atoms with Gasteiger partial charge in [-0.3, -0.25) is 0 Å². The van der Waals surface area contributed by atoms with Gasteiger partial charge in [0.15, 0.2) is 0 Å². The van der Waals surface area contributed by atoms with Gasteiger partial charge in [0.05, 0.1) is 0 Å². The molecule has 0 amide bonds. The summed E-state index contributed by atoms with van der Waals surface area (Å²) in [6.07, 6.45) is 0. The van der Waals surface area contributed by atoms with Gasteiger partial charge in [0.2, 0.25) is 0 Å². The van der Waals surface area contributed by atoms with Crippen molar-refractivity contribution in [3.8, 4) is 0 Å². The van der Waals surface area contributed by atoms with E-state index >= 15 is 0 Å². The standard InChI is InChI=1S/2C7H7.2C2H5O.Zr/c2*1-7-5-3-2-4-6-7;2*1-2-3;/h2*2-6H,1H2;2*2H2,1H3;/q;;2*-1;+2. The van der Waals surface area contributed by atoms with Crippen LogP contribution in [-0.2, 0) is 35.0 Å². The maximum absolute atomic E-state index is 6.27. The van der Waals surface area contributed by atoms with E-state index in [0.717, 1.165) is 21.5 Å². The van der Waals surface area contributed by atoms with Crippen molar-refractivity contribution in [2.45, 2.75) is 22.1 Å². The molecule has 3 heteroatoms. The molecule has 0 aliphatic carbocycles. The van der Waals surface area contributed by atoms with E-state index in [1.54, 1.807) is 0 Å². The zero-order valence-corrected chi connectivity index (χ0v) is 15.4. The van der Waals surface area contributed by atoms with Gasteiger partial charge < -0.3 is 0 Å². The van der Waals surface area contributed by atoms with E-state index < -0.39 is 21.1 Å². The van der Waals surface area contributed by atoms with Gasteiger partial charge in [0.25, 0.3) is 0 Å². The van der Waals surface area contributed by atoms with Crippen molar-refractivity contribution in [1.82, 2.24) is 0 Å². The maximum atomic E-state index is 6.27. The summed E-state index contributed by atoms with van der Waals surface area (Å²) in [5, 5.41) is 0. The molecule has 0 aliphatic rings. The van der Waals surface area contributed by atoms with Gasteiger partial charge in [0, 0.05) is 0 Å². The predicted octanol–water partition coefficient (Wildman–Crippen LogP) is 4.44. The molecule has 21 heavy (non-hydrogen) atoms. The molecule has 0 unspecified atom stereocenters. The van der Waals surface area contributed by atoms with Crippen molar-refractivity contribution in [2.75, 3.05) is 13.2 Å². The van der Waals surface area contributed by atoms with Crippen LogP contribution in [0.25, 0.3) is 0 Å². The van der Waals surface area contributed by atoms with E-state index in [2.05, 4.69) is 74.5 Å². The van der Waals surface area contributed by atoms with Gasteiger partial charge in [-0.05, 0) is 0 Å². The normalized spacial score (nSPS) is 11.5. The minimum atomic E-state index is -3.14. The molecule has 0 spiro atoms. The molecule has 2 nitrogen and oxygen atoms in total. The van der Waals surface area contributed by atoms with Crippen LogP contribution in [0.3, 0.4) is 0 Å². The Hall–Kier alpha value is -0.757. The summed E-state index contributed by atoms with van der Waals surface area (Å²) in [5.41, 5.74) is 2.65. The molecule has 0 aromatic heterocycles. The van der Waals surface area contributed by atoms with Gasteiger partial charge in [-0.15, -0.1) is 0 Å². The van der Waals surface area contributed by atoms with Gasteiger partial charge in [-0.2, -0.15) is 0 Å². The molecular weight excluding hydrogens is 339 g/mol. The third kappa shape index (κ3) is 5.18. The first-order chi connectivity index (χ1) is 10.3. The Morgan fingerprint density at radius 3 is 1.38 bits per heavy atom. The van der Waals surface area contributed by atoms with Crippen LogP contribution >= 0.6 is 0 Å². The van der Waals surface area contributed by atoms with E-state index in [1.807, 2.05) is 0 Å². The summed E-state index contributed by atoms with van der Waals surface area (Å²) in [6, 6.07) is 21.2. The zero-order valence-electron chi connectivity index (χ0n) is 12.9. The average Bonchev–Trinajstić information content (AvgIpc) is 2.50. The summed E-state index contributed by atoms with van der Waals surface area (Å²) in [5.74, 6) is 0. The molecule has 0 aliphatic heterocycles. The van der Waals surface area contributed by atoms with Crippen molar-refractivity contribution >= 4 is 0 Å². The summed E-state index contributed by atoms with van der Waals surface area (Å²) < 4.78 is 14.5. The fraction of sp³-hybridized carbons (Fsp3) is 0.333. The minimum absolute atomic E-state index is 0.732. The Labute approximate surface area is 133 Å². The van der Waals surface area contributed by atoms with Crippen LogP contribution in [-0.4, -0.2) is 13.2 Å². The molecule has 0 saturated carbocycles. The summed E-state index contributed by atoms with van der Waals surface area (Å²) in [7, 11) is 0. The SMILES string of the molecule is CC[O][Zr]([CH2]c1ccccc1)([CH2]c1ccccc1)[O]CC. The Morgan fingerprint density at radius 1 is 0.667 bits per heavy atom. The van der Waals surface area contributed by atoms with Gasteiger partial charge in [-0.25, -0.2) is 0 Å². The summed E-state index contributed by atoms with van der Waals surface area (Å²) in [4.78, 5) is 0. The number of rotatable bonds is 8. The van der Waals surface area contributed by atoms with Crippen LogP contribution in [0.2, 0.25) is 0 Å². The second kappa shape index (κ2) is 8.63. The van der Waals surface area contributed by atoms with E-state index in [0.29, 0.717) is 0 Å².